The van der Waals surface area contributed by atoms with E-state index >= 15 is 0 Å². The van der Waals surface area contributed by atoms with Crippen molar-refractivity contribution in [2.75, 3.05) is 0 Å². The first kappa shape index (κ1) is 6.60. The second-order valence-electron chi connectivity index (χ2n) is 2.94. The van der Waals surface area contributed by atoms with Gasteiger partial charge in [0.15, 0.2) is 0 Å². The van der Waals surface area contributed by atoms with E-state index in [2.05, 4.69) is 21.0 Å². The summed E-state index contributed by atoms with van der Waals surface area (Å²) >= 11 is 0. The second-order valence-corrected chi connectivity index (χ2v) is 2.94. The van der Waals surface area contributed by atoms with E-state index in [0.717, 1.165) is 22.3 Å². The molecule has 0 unspecified atom stereocenters. The summed E-state index contributed by atoms with van der Waals surface area (Å²) in [6, 6.07) is 8.06. The molecule has 2 aliphatic rings. The van der Waals surface area contributed by atoms with Crippen LogP contribution in [0.15, 0.2) is 36.8 Å². The lowest BCUT2D eigenvalue weighted by atomic mass is 10.2. The van der Waals surface area contributed by atoms with E-state index in [4.69, 9.17) is 0 Å². The van der Waals surface area contributed by atoms with Crippen LogP contribution >= 0.6 is 0 Å². The number of nitrogens with zero attached hydrogens (tertiary/aromatic N) is 2. The molecule has 0 aliphatic carbocycles. The maximum absolute atomic E-state index is 4.42. The number of para-hydroxylation sites is 1. The average Bonchev–Trinajstić information content (AvgIpc) is 2.56. The summed E-state index contributed by atoms with van der Waals surface area (Å²) in [5, 5.41) is 1.15. The first-order valence-corrected chi connectivity index (χ1v) is 4.12. The van der Waals surface area contributed by atoms with Gasteiger partial charge in [-0.25, -0.2) is 9.97 Å². The number of rotatable bonds is 0. The molecule has 13 heavy (non-hydrogen) atoms. The van der Waals surface area contributed by atoms with Gasteiger partial charge in [-0.2, -0.15) is 0 Å². The van der Waals surface area contributed by atoms with Crippen molar-refractivity contribution in [3.8, 4) is 11.4 Å². The van der Waals surface area contributed by atoms with Gasteiger partial charge in [-0.15, -0.1) is 0 Å². The quantitative estimate of drug-likeness (QED) is 0.559. The van der Waals surface area contributed by atoms with E-state index < -0.39 is 0 Å². The Labute approximate surface area is 74.8 Å². The third-order valence-electron chi connectivity index (χ3n) is 2.16. The predicted octanol–water partition coefficient (Wildman–Crippen LogP) is 2.06. The number of benzene rings is 1. The third kappa shape index (κ3) is 0.839. The zero-order valence-corrected chi connectivity index (χ0v) is 6.86. The zero-order valence-electron chi connectivity index (χ0n) is 6.86. The lowest BCUT2D eigenvalue weighted by Crippen LogP contribution is -1.83. The highest BCUT2D eigenvalue weighted by atomic mass is 14.9. The van der Waals surface area contributed by atoms with Crippen LogP contribution in [0.3, 0.4) is 0 Å². The van der Waals surface area contributed by atoms with E-state index in [1.54, 1.807) is 6.33 Å². The molecule has 0 amide bonds. The Bertz CT molecular complexity index is 527. The maximum atomic E-state index is 4.42. The monoisotopic (exact) mass is 169 g/mol. The lowest BCUT2D eigenvalue weighted by molar-refractivity contribution is 1.14. The van der Waals surface area contributed by atoms with Gasteiger partial charge in [0.25, 0.3) is 0 Å². The number of aromatic nitrogens is 3. The molecule has 3 nitrogen and oxygen atoms in total. The second kappa shape index (κ2) is 2.29. The summed E-state index contributed by atoms with van der Waals surface area (Å²) in [5.74, 6) is 0.899. The van der Waals surface area contributed by atoms with Gasteiger partial charge >= 0.3 is 0 Å². The van der Waals surface area contributed by atoms with E-state index in [0.29, 0.717) is 0 Å². The van der Waals surface area contributed by atoms with Gasteiger partial charge in [-0.05, 0) is 6.07 Å². The number of hydrogen-bond donors (Lipinski definition) is 1. The lowest BCUT2D eigenvalue weighted by Gasteiger charge is -1.93. The Morgan fingerprint density at radius 3 is 3.08 bits per heavy atom. The summed E-state index contributed by atoms with van der Waals surface area (Å²) in [7, 11) is 0. The van der Waals surface area contributed by atoms with Gasteiger partial charge in [-0.3, -0.25) is 0 Å². The van der Waals surface area contributed by atoms with Crippen molar-refractivity contribution >= 4 is 10.9 Å². The van der Waals surface area contributed by atoms with E-state index in [-0.39, 0.29) is 0 Å². The van der Waals surface area contributed by atoms with Crippen LogP contribution in [0.5, 0.6) is 0 Å². The first-order valence-electron chi connectivity index (χ1n) is 4.12. The molecule has 1 N–H and O–H groups in total. The molecule has 0 saturated heterocycles. The molecule has 0 fully saturated rings. The minimum atomic E-state index is 0.899. The molecule has 2 aliphatic heterocycles. The molecule has 1 aromatic carbocycles. The van der Waals surface area contributed by atoms with Crippen LogP contribution in [0, 0.1) is 0 Å². The molecule has 0 bridgehead atoms. The number of hydrogen-bond acceptors (Lipinski definition) is 2. The van der Waals surface area contributed by atoms with Gasteiger partial charge in [-0.1, -0.05) is 18.2 Å². The molecular weight excluding hydrogens is 162 g/mol. The van der Waals surface area contributed by atoms with Crippen molar-refractivity contribution in [3.63, 3.8) is 0 Å². The minimum Gasteiger partial charge on any atom is -0.331 e. The van der Waals surface area contributed by atoms with E-state index in [1.165, 1.54) is 0 Å². The summed E-state index contributed by atoms with van der Waals surface area (Å²) in [4.78, 5) is 11.5. The van der Waals surface area contributed by atoms with E-state index in [1.807, 2.05) is 24.4 Å². The summed E-state index contributed by atoms with van der Waals surface area (Å²) in [6.07, 6.45) is 3.48. The predicted molar refractivity (Wildman–Crippen MR) is 50.5 cm³/mol. The molecule has 0 saturated carbocycles. The van der Waals surface area contributed by atoms with Gasteiger partial charge in [0, 0.05) is 17.1 Å². The summed E-state index contributed by atoms with van der Waals surface area (Å²) in [5.41, 5.74) is 2.10. The fraction of sp³-hybridized carbons (Fsp3) is 0. The Morgan fingerprint density at radius 1 is 1.15 bits per heavy atom. The minimum absolute atomic E-state index is 0.899. The van der Waals surface area contributed by atoms with Crippen molar-refractivity contribution in [1.82, 2.24) is 15.0 Å². The van der Waals surface area contributed by atoms with Crippen LogP contribution in [0.4, 0.5) is 0 Å². The van der Waals surface area contributed by atoms with Crippen molar-refractivity contribution in [3.05, 3.63) is 36.8 Å². The molecular formula is C10H7N3. The molecule has 1 aromatic rings. The van der Waals surface area contributed by atoms with Crippen LogP contribution in [0.2, 0.25) is 0 Å². The van der Waals surface area contributed by atoms with Crippen molar-refractivity contribution < 1.29 is 0 Å². The van der Waals surface area contributed by atoms with Gasteiger partial charge in [0.2, 0.25) is 0 Å². The van der Waals surface area contributed by atoms with Crippen LogP contribution < -0.4 is 0 Å². The number of nitrogens with one attached hydrogen (secondary N) is 1. The fourth-order valence-electron chi connectivity index (χ4n) is 1.56. The largest absolute Gasteiger partial charge is 0.331 e. The maximum Gasteiger partial charge on any atom is 0.141 e. The fourth-order valence-corrected chi connectivity index (χ4v) is 1.56. The molecule has 3 rings (SSSR count). The standard InChI is InChI=1S/C10H7N3/c1-2-4-9-7(3-1)8-5-11-6-12-10(8)13-9/h1-6H,(H,11,12,13). The van der Waals surface area contributed by atoms with Crippen LogP contribution in [-0.2, 0) is 0 Å². The SMILES string of the molecule is c1ccc2c3cnc[nH]c-3nc2c1. The molecule has 0 aromatic heterocycles. The highest BCUT2D eigenvalue weighted by molar-refractivity contribution is 5.95. The normalized spacial score (nSPS) is 11.1. The van der Waals surface area contributed by atoms with Crippen molar-refractivity contribution in [2.24, 2.45) is 0 Å². The van der Waals surface area contributed by atoms with Crippen molar-refractivity contribution in [2.45, 2.75) is 0 Å². The molecule has 62 valence electrons. The molecule has 0 radical (unpaired) electrons. The molecule has 0 spiro atoms. The highest BCUT2D eigenvalue weighted by Gasteiger charge is 2.09. The first-order chi connectivity index (χ1) is 6.45. The Kier molecular flexibility index (Phi) is 1.16. The number of aromatic amines is 1. The van der Waals surface area contributed by atoms with Gasteiger partial charge in [0.05, 0.1) is 11.8 Å². The van der Waals surface area contributed by atoms with Gasteiger partial charge < -0.3 is 4.98 Å². The molecule has 2 heterocycles. The van der Waals surface area contributed by atoms with Crippen molar-refractivity contribution in [1.29, 1.82) is 0 Å². The smallest absolute Gasteiger partial charge is 0.141 e. The summed E-state index contributed by atoms with van der Waals surface area (Å²) < 4.78 is 0. The zero-order chi connectivity index (χ0) is 8.67. The average molecular weight is 169 g/mol. The topological polar surface area (TPSA) is 41.6 Å². The number of H-pyrrole nitrogens is 1. The van der Waals surface area contributed by atoms with Gasteiger partial charge in [0.1, 0.15) is 5.82 Å². The third-order valence-corrected chi connectivity index (χ3v) is 2.16. The molecule has 0 atom stereocenters. The molecule has 3 heteroatoms. The highest BCUT2D eigenvalue weighted by Crippen LogP contribution is 2.27. The van der Waals surface area contributed by atoms with Crippen LogP contribution in [0.25, 0.3) is 22.3 Å². The summed E-state index contributed by atoms with van der Waals surface area (Å²) in [6.45, 7) is 0. The Balaban J connectivity index is 2.56. The number of fused-ring (bicyclic) bond motifs is 3. The van der Waals surface area contributed by atoms with E-state index in [9.17, 15) is 0 Å². The van der Waals surface area contributed by atoms with Crippen LogP contribution in [0.1, 0.15) is 0 Å². The Morgan fingerprint density at radius 2 is 2.08 bits per heavy atom. The Hall–Kier alpha value is -1.90. The van der Waals surface area contributed by atoms with Crippen LogP contribution in [-0.4, -0.2) is 15.0 Å².